The molecule has 0 amide bonds. The fourth-order valence-corrected chi connectivity index (χ4v) is 4.11. The quantitative estimate of drug-likeness (QED) is 0.917. The van der Waals surface area contributed by atoms with Gasteiger partial charge in [-0.2, -0.15) is 4.31 Å². The molecule has 7 heteroatoms. The van der Waals surface area contributed by atoms with Crippen LogP contribution in [-0.2, 0) is 16.6 Å². The number of rotatable bonds is 5. The molecule has 0 spiro atoms. The molecule has 112 valence electrons. The SMILES string of the molecule is Cc1ccccc1CN(C)S(=O)(=O)c1csc(C(=O)O)c1. The first-order chi connectivity index (χ1) is 9.82. The normalized spacial score (nSPS) is 11.8. The van der Waals surface area contributed by atoms with Crippen molar-refractivity contribution in [2.75, 3.05) is 7.05 Å². The molecule has 21 heavy (non-hydrogen) atoms. The summed E-state index contributed by atoms with van der Waals surface area (Å²) in [5.74, 6) is -1.12. The van der Waals surface area contributed by atoms with Gasteiger partial charge in [-0.3, -0.25) is 0 Å². The molecule has 0 radical (unpaired) electrons. The van der Waals surface area contributed by atoms with Gasteiger partial charge in [0.25, 0.3) is 0 Å². The highest BCUT2D eigenvalue weighted by atomic mass is 32.2. The summed E-state index contributed by atoms with van der Waals surface area (Å²) in [4.78, 5) is 10.9. The minimum absolute atomic E-state index is 0.0119. The average molecular weight is 325 g/mol. The molecular weight excluding hydrogens is 310 g/mol. The van der Waals surface area contributed by atoms with Gasteiger partial charge in [0.1, 0.15) is 4.88 Å². The molecule has 0 aliphatic rings. The van der Waals surface area contributed by atoms with Gasteiger partial charge >= 0.3 is 5.97 Å². The lowest BCUT2D eigenvalue weighted by Gasteiger charge is -2.17. The monoisotopic (exact) mass is 325 g/mol. The number of thiophene rings is 1. The number of aryl methyl sites for hydroxylation is 1. The van der Waals surface area contributed by atoms with Crippen molar-refractivity contribution in [3.8, 4) is 0 Å². The van der Waals surface area contributed by atoms with Crippen LogP contribution in [0.15, 0.2) is 40.6 Å². The highest BCUT2D eigenvalue weighted by Crippen LogP contribution is 2.23. The van der Waals surface area contributed by atoms with Gasteiger partial charge in [-0.15, -0.1) is 11.3 Å². The van der Waals surface area contributed by atoms with Crippen LogP contribution in [0.4, 0.5) is 0 Å². The predicted octanol–water partition coefficient (Wildman–Crippen LogP) is 2.58. The van der Waals surface area contributed by atoms with Gasteiger partial charge in [0.05, 0.1) is 4.90 Å². The number of aromatic carboxylic acids is 1. The lowest BCUT2D eigenvalue weighted by atomic mass is 10.1. The maximum atomic E-state index is 12.4. The van der Waals surface area contributed by atoms with E-state index in [4.69, 9.17) is 5.11 Å². The Morgan fingerprint density at radius 1 is 1.33 bits per heavy atom. The Morgan fingerprint density at radius 2 is 2.00 bits per heavy atom. The molecule has 0 aliphatic carbocycles. The van der Waals surface area contributed by atoms with E-state index >= 15 is 0 Å². The number of hydrogen-bond donors (Lipinski definition) is 1. The van der Waals surface area contributed by atoms with Crippen molar-refractivity contribution in [2.45, 2.75) is 18.4 Å². The Morgan fingerprint density at radius 3 is 2.57 bits per heavy atom. The van der Waals surface area contributed by atoms with Crippen LogP contribution in [0.2, 0.25) is 0 Å². The fraction of sp³-hybridized carbons (Fsp3) is 0.214. The van der Waals surface area contributed by atoms with E-state index in [1.807, 2.05) is 31.2 Å². The number of carboxylic acid groups (broad SMARTS) is 1. The van der Waals surface area contributed by atoms with E-state index in [1.165, 1.54) is 22.8 Å². The molecule has 0 bridgehead atoms. The maximum Gasteiger partial charge on any atom is 0.345 e. The minimum atomic E-state index is -3.69. The Balaban J connectivity index is 2.26. The van der Waals surface area contributed by atoms with E-state index in [0.29, 0.717) is 0 Å². The minimum Gasteiger partial charge on any atom is -0.477 e. The molecule has 0 atom stereocenters. The Bertz CT molecular complexity index is 765. The summed E-state index contributed by atoms with van der Waals surface area (Å²) < 4.78 is 26.1. The number of hydrogen-bond acceptors (Lipinski definition) is 4. The van der Waals surface area contributed by atoms with Gasteiger partial charge in [-0.25, -0.2) is 13.2 Å². The fourth-order valence-electron chi connectivity index (χ4n) is 1.86. The summed E-state index contributed by atoms with van der Waals surface area (Å²) in [6.07, 6.45) is 0. The van der Waals surface area contributed by atoms with E-state index < -0.39 is 16.0 Å². The molecule has 2 rings (SSSR count). The van der Waals surface area contributed by atoms with Gasteiger partial charge in [0.15, 0.2) is 0 Å². The molecule has 2 aromatic rings. The third-order valence-electron chi connectivity index (χ3n) is 3.15. The Kier molecular flexibility index (Phi) is 4.46. The van der Waals surface area contributed by atoms with Crippen molar-refractivity contribution < 1.29 is 18.3 Å². The molecule has 0 aliphatic heterocycles. The smallest absolute Gasteiger partial charge is 0.345 e. The average Bonchev–Trinajstić information content (AvgIpc) is 2.91. The largest absolute Gasteiger partial charge is 0.477 e. The predicted molar refractivity (Wildman–Crippen MR) is 81.1 cm³/mol. The number of carbonyl (C=O) groups is 1. The second kappa shape index (κ2) is 5.97. The number of nitrogens with zero attached hydrogens (tertiary/aromatic N) is 1. The van der Waals surface area contributed by atoms with Gasteiger partial charge in [0, 0.05) is 19.0 Å². The zero-order valence-electron chi connectivity index (χ0n) is 11.6. The number of carboxylic acids is 1. The van der Waals surface area contributed by atoms with E-state index in [1.54, 1.807) is 0 Å². The van der Waals surface area contributed by atoms with Crippen LogP contribution in [-0.4, -0.2) is 30.8 Å². The number of benzene rings is 1. The topological polar surface area (TPSA) is 74.7 Å². The highest BCUT2D eigenvalue weighted by molar-refractivity contribution is 7.89. The first kappa shape index (κ1) is 15.7. The maximum absolute atomic E-state index is 12.4. The van der Waals surface area contributed by atoms with Crippen molar-refractivity contribution in [2.24, 2.45) is 0 Å². The molecule has 0 saturated heterocycles. The Labute approximate surface area is 127 Å². The van der Waals surface area contributed by atoms with Crippen molar-refractivity contribution in [3.05, 3.63) is 51.7 Å². The zero-order chi connectivity index (χ0) is 15.6. The van der Waals surface area contributed by atoms with Crippen molar-refractivity contribution >= 4 is 27.3 Å². The van der Waals surface area contributed by atoms with Crippen LogP contribution in [0, 0.1) is 6.92 Å². The van der Waals surface area contributed by atoms with Gasteiger partial charge in [0.2, 0.25) is 10.0 Å². The summed E-state index contributed by atoms with van der Waals surface area (Å²) in [6.45, 7) is 2.16. The van der Waals surface area contributed by atoms with Crippen LogP contribution in [0.5, 0.6) is 0 Å². The van der Waals surface area contributed by atoms with Crippen molar-refractivity contribution in [3.63, 3.8) is 0 Å². The molecule has 5 nitrogen and oxygen atoms in total. The lowest BCUT2D eigenvalue weighted by molar-refractivity contribution is 0.0702. The first-order valence-corrected chi connectivity index (χ1v) is 8.47. The van der Waals surface area contributed by atoms with Crippen LogP contribution in [0.3, 0.4) is 0 Å². The summed E-state index contributed by atoms with van der Waals surface area (Å²) in [5, 5.41) is 10.2. The second-order valence-electron chi connectivity index (χ2n) is 4.64. The van der Waals surface area contributed by atoms with Crippen LogP contribution < -0.4 is 0 Å². The molecule has 1 N–H and O–H groups in total. The first-order valence-electron chi connectivity index (χ1n) is 6.15. The van der Waals surface area contributed by atoms with Crippen LogP contribution in [0.25, 0.3) is 0 Å². The molecule has 0 unspecified atom stereocenters. The molecular formula is C14H15NO4S2. The van der Waals surface area contributed by atoms with E-state index in [-0.39, 0.29) is 16.3 Å². The standard InChI is InChI=1S/C14H15NO4S2/c1-10-5-3-4-6-11(10)8-15(2)21(18,19)12-7-13(14(16)17)20-9-12/h3-7,9H,8H2,1-2H3,(H,16,17). The van der Waals surface area contributed by atoms with Crippen LogP contribution in [0.1, 0.15) is 20.8 Å². The molecule has 1 heterocycles. The van der Waals surface area contributed by atoms with Crippen molar-refractivity contribution in [1.29, 1.82) is 0 Å². The summed E-state index contributed by atoms with van der Waals surface area (Å²) in [7, 11) is -2.20. The highest BCUT2D eigenvalue weighted by Gasteiger charge is 2.24. The Hall–Kier alpha value is -1.70. The van der Waals surface area contributed by atoms with E-state index in [2.05, 4.69) is 0 Å². The van der Waals surface area contributed by atoms with Crippen molar-refractivity contribution in [1.82, 2.24) is 4.31 Å². The molecule has 1 aromatic carbocycles. The molecule has 1 aromatic heterocycles. The van der Waals surface area contributed by atoms with Crippen LogP contribution >= 0.6 is 11.3 Å². The van der Waals surface area contributed by atoms with E-state index in [0.717, 1.165) is 22.5 Å². The third kappa shape index (κ3) is 3.31. The van der Waals surface area contributed by atoms with E-state index in [9.17, 15) is 13.2 Å². The second-order valence-corrected chi connectivity index (χ2v) is 7.60. The van der Waals surface area contributed by atoms with Gasteiger partial charge < -0.3 is 5.11 Å². The zero-order valence-corrected chi connectivity index (χ0v) is 13.2. The van der Waals surface area contributed by atoms with Gasteiger partial charge in [-0.1, -0.05) is 24.3 Å². The summed E-state index contributed by atoms with van der Waals surface area (Å²) >= 11 is 0.906. The molecule has 0 fully saturated rings. The lowest BCUT2D eigenvalue weighted by Crippen LogP contribution is -2.26. The van der Waals surface area contributed by atoms with Gasteiger partial charge in [-0.05, 0) is 24.1 Å². The number of sulfonamides is 1. The summed E-state index contributed by atoms with van der Waals surface area (Å²) in [5.41, 5.74) is 1.92. The molecule has 0 saturated carbocycles. The third-order valence-corrected chi connectivity index (χ3v) is 6.00. The summed E-state index contributed by atoms with van der Waals surface area (Å²) in [6, 6.07) is 8.73.